The Morgan fingerprint density at radius 3 is 2.54 bits per heavy atom. The predicted molar refractivity (Wildman–Crippen MR) is 93.5 cm³/mol. The molecule has 5 nitrogen and oxygen atoms in total. The molecule has 0 bridgehead atoms. The van der Waals surface area contributed by atoms with Gasteiger partial charge in [0.05, 0.1) is 11.3 Å². The van der Waals surface area contributed by atoms with Crippen LogP contribution in [0.3, 0.4) is 0 Å². The van der Waals surface area contributed by atoms with Gasteiger partial charge in [0.25, 0.3) is 5.56 Å². The summed E-state index contributed by atoms with van der Waals surface area (Å²) in [5.41, 5.74) is 2.06. The number of hydrogen-bond donors (Lipinski definition) is 1. The first-order valence-corrected chi connectivity index (χ1v) is 7.53. The van der Waals surface area contributed by atoms with Gasteiger partial charge in [0, 0.05) is 16.8 Å². The third kappa shape index (κ3) is 3.07. The Labute approximate surface area is 142 Å². The molecule has 3 rings (SSSR count). The van der Waals surface area contributed by atoms with Crippen LogP contribution in [0.4, 0.5) is 0 Å². The van der Waals surface area contributed by atoms with E-state index in [2.05, 4.69) is 4.98 Å². The van der Waals surface area contributed by atoms with Gasteiger partial charge in [-0.2, -0.15) is 0 Å². The summed E-state index contributed by atoms with van der Waals surface area (Å²) in [5, 5.41) is 9.68. The Kier molecular flexibility index (Phi) is 4.18. The normalized spacial score (nSPS) is 11.2. The summed E-state index contributed by atoms with van der Waals surface area (Å²) in [6.07, 6.45) is 4.88. The number of pyridine rings is 1. The summed E-state index contributed by atoms with van der Waals surface area (Å²) in [7, 11) is 0. The molecule has 0 aliphatic carbocycles. The molecule has 1 N–H and O–H groups in total. The Morgan fingerprint density at radius 1 is 1.17 bits per heavy atom. The van der Waals surface area contributed by atoms with Crippen LogP contribution in [0.25, 0.3) is 17.8 Å². The second kappa shape index (κ2) is 6.29. The van der Waals surface area contributed by atoms with E-state index < -0.39 is 5.97 Å². The van der Waals surface area contributed by atoms with Crippen molar-refractivity contribution in [2.75, 3.05) is 0 Å². The molecule has 0 atom stereocenters. The second-order valence-electron chi connectivity index (χ2n) is 5.26. The molecular formula is C18H13ClN2O3. The van der Waals surface area contributed by atoms with Gasteiger partial charge < -0.3 is 5.11 Å². The van der Waals surface area contributed by atoms with E-state index in [1.54, 1.807) is 25.1 Å². The van der Waals surface area contributed by atoms with Crippen LogP contribution in [0.15, 0.2) is 47.4 Å². The Bertz CT molecular complexity index is 1020. The molecule has 0 aliphatic rings. The lowest BCUT2D eigenvalue weighted by Crippen LogP contribution is -2.20. The smallest absolute Gasteiger partial charge is 0.337 e. The van der Waals surface area contributed by atoms with Crippen LogP contribution in [0, 0.1) is 6.92 Å². The lowest BCUT2D eigenvalue weighted by Gasteiger charge is -2.06. The minimum atomic E-state index is -1.09. The van der Waals surface area contributed by atoms with Crippen molar-refractivity contribution in [3.63, 3.8) is 0 Å². The molecule has 0 unspecified atom stereocenters. The number of nitrogens with zero attached hydrogens (tertiary/aromatic N) is 2. The van der Waals surface area contributed by atoms with Gasteiger partial charge >= 0.3 is 5.97 Å². The van der Waals surface area contributed by atoms with Gasteiger partial charge in [-0.25, -0.2) is 9.78 Å². The maximum Gasteiger partial charge on any atom is 0.337 e. The number of aromatic nitrogens is 2. The molecule has 2 aromatic heterocycles. The number of fused-ring (bicyclic) bond motifs is 1. The van der Waals surface area contributed by atoms with Gasteiger partial charge in [-0.1, -0.05) is 29.8 Å². The fraction of sp³-hybridized carbons (Fsp3) is 0.0556. The minimum absolute atomic E-state index is 0.0373. The van der Waals surface area contributed by atoms with Crippen molar-refractivity contribution < 1.29 is 9.90 Å². The molecular weight excluding hydrogens is 328 g/mol. The topological polar surface area (TPSA) is 71.7 Å². The average molecular weight is 341 g/mol. The molecule has 0 aliphatic heterocycles. The number of hydrogen-bond acceptors (Lipinski definition) is 3. The Balaban J connectivity index is 2.07. The Hall–Kier alpha value is -2.92. The minimum Gasteiger partial charge on any atom is -0.478 e. The number of halogens is 1. The van der Waals surface area contributed by atoms with E-state index in [0.717, 1.165) is 5.56 Å². The molecule has 3 aromatic rings. The molecule has 0 spiro atoms. The van der Waals surface area contributed by atoms with Crippen LogP contribution in [0.5, 0.6) is 0 Å². The van der Waals surface area contributed by atoms with Crippen molar-refractivity contribution in [3.8, 4) is 0 Å². The number of carboxylic acids is 1. The summed E-state index contributed by atoms with van der Waals surface area (Å²) < 4.78 is 1.25. The average Bonchev–Trinajstić information content (AvgIpc) is 2.58. The molecule has 0 fully saturated rings. The van der Waals surface area contributed by atoms with E-state index in [1.807, 2.05) is 18.2 Å². The molecule has 0 radical (unpaired) electrons. The van der Waals surface area contributed by atoms with Crippen molar-refractivity contribution in [1.82, 2.24) is 9.38 Å². The highest BCUT2D eigenvalue weighted by Crippen LogP contribution is 2.13. The fourth-order valence-corrected chi connectivity index (χ4v) is 2.41. The van der Waals surface area contributed by atoms with Crippen molar-refractivity contribution in [2.24, 2.45) is 0 Å². The third-order valence-corrected chi connectivity index (χ3v) is 3.89. The maximum absolute atomic E-state index is 12.5. The van der Waals surface area contributed by atoms with Crippen molar-refractivity contribution in [2.45, 2.75) is 6.92 Å². The van der Waals surface area contributed by atoms with Crippen molar-refractivity contribution in [3.05, 3.63) is 80.4 Å². The van der Waals surface area contributed by atoms with E-state index in [9.17, 15) is 9.59 Å². The third-order valence-electron chi connectivity index (χ3n) is 3.64. The molecule has 6 heteroatoms. The van der Waals surface area contributed by atoms with Crippen LogP contribution < -0.4 is 5.56 Å². The fourth-order valence-electron chi connectivity index (χ4n) is 2.28. The molecule has 120 valence electrons. The zero-order valence-corrected chi connectivity index (χ0v) is 13.5. The number of rotatable bonds is 3. The number of carbonyl (C=O) groups is 1. The largest absolute Gasteiger partial charge is 0.478 e. The lowest BCUT2D eigenvalue weighted by molar-refractivity contribution is 0.0696. The van der Waals surface area contributed by atoms with E-state index in [-0.39, 0.29) is 11.1 Å². The lowest BCUT2D eigenvalue weighted by atomic mass is 10.1. The summed E-state index contributed by atoms with van der Waals surface area (Å²) in [5.74, 6) is -1.09. The highest BCUT2D eigenvalue weighted by molar-refractivity contribution is 6.30. The summed E-state index contributed by atoms with van der Waals surface area (Å²) in [6, 6.07) is 10.2. The number of benzene rings is 1. The van der Waals surface area contributed by atoms with E-state index in [0.29, 0.717) is 21.9 Å². The summed E-state index contributed by atoms with van der Waals surface area (Å²) in [4.78, 5) is 27.9. The highest BCUT2D eigenvalue weighted by Gasteiger charge is 2.09. The molecule has 1 aromatic carbocycles. The van der Waals surface area contributed by atoms with Crippen molar-refractivity contribution >= 4 is 35.4 Å². The highest BCUT2D eigenvalue weighted by atomic mass is 35.5. The summed E-state index contributed by atoms with van der Waals surface area (Å²) >= 11 is 5.85. The van der Waals surface area contributed by atoms with Crippen LogP contribution in [-0.2, 0) is 0 Å². The first kappa shape index (κ1) is 16.0. The quantitative estimate of drug-likeness (QED) is 0.791. The molecule has 0 amide bonds. The van der Waals surface area contributed by atoms with Gasteiger partial charge in [-0.15, -0.1) is 0 Å². The number of carboxylic acid groups (broad SMARTS) is 1. The monoisotopic (exact) mass is 340 g/mol. The first-order chi connectivity index (χ1) is 11.5. The molecule has 2 heterocycles. The predicted octanol–water partition coefficient (Wildman–Crippen LogP) is 3.52. The Morgan fingerprint density at radius 2 is 1.88 bits per heavy atom. The van der Waals surface area contributed by atoms with Crippen LogP contribution >= 0.6 is 11.6 Å². The van der Waals surface area contributed by atoms with Gasteiger partial charge in [0.1, 0.15) is 5.65 Å². The zero-order chi connectivity index (χ0) is 17.3. The van der Waals surface area contributed by atoms with Gasteiger partial charge in [0.15, 0.2) is 0 Å². The summed E-state index contributed by atoms with van der Waals surface area (Å²) in [6.45, 7) is 1.66. The molecule has 24 heavy (non-hydrogen) atoms. The second-order valence-corrected chi connectivity index (χ2v) is 5.70. The zero-order valence-electron chi connectivity index (χ0n) is 12.7. The number of aromatic carboxylic acids is 1. The standard InChI is InChI=1S/C18H13ClN2O3/c1-11-15(8-4-12-2-6-14(19)7-3-12)20-16-9-5-13(18(23)24)10-21(16)17(11)22/h2-10H,1H3,(H,23,24)/b8-4+. The van der Waals surface area contributed by atoms with Crippen LogP contribution in [0.1, 0.15) is 27.2 Å². The van der Waals surface area contributed by atoms with E-state index in [4.69, 9.17) is 16.7 Å². The van der Waals surface area contributed by atoms with Gasteiger partial charge in [-0.3, -0.25) is 9.20 Å². The molecule has 0 saturated heterocycles. The van der Waals surface area contributed by atoms with Crippen LogP contribution in [0.2, 0.25) is 5.02 Å². The van der Waals surface area contributed by atoms with E-state index >= 15 is 0 Å². The first-order valence-electron chi connectivity index (χ1n) is 7.15. The van der Waals surface area contributed by atoms with E-state index in [1.165, 1.54) is 22.7 Å². The van der Waals surface area contributed by atoms with Gasteiger partial charge in [-0.05, 0) is 42.8 Å². The van der Waals surface area contributed by atoms with Crippen LogP contribution in [-0.4, -0.2) is 20.5 Å². The van der Waals surface area contributed by atoms with Gasteiger partial charge in [0.2, 0.25) is 0 Å². The maximum atomic E-state index is 12.5. The SMILES string of the molecule is Cc1c(/C=C/c2ccc(Cl)cc2)nc2ccc(C(=O)O)cn2c1=O. The molecule has 0 saturated carbocycles. The van der Waals surface area contributed by atoms with Crippen molar-refractivity contribution in [1.29, 1.82) is 0 Å².